The summed E-state index contributed by atoms with van der Waals surface area (Å²) in [5.41, 5.74) is 0.652. The molecule has 0 radical (unpaired) electrons. The number of aryl methyl sites for hydroxylation is 1. The number of halogens is 3. The highest BCUT2D eigenvalue weighted by atomic mass is 32.1. The molecule has 0 bridgehead atoms. The van der Waals surface area contributed by atoms with Crippen molar-refractivity contribution in [2.24, 2.45) is 0 Å². The van der Waals surface area contributed by atoms with Crippen LogP contribution in [-0.2, 0) is 23.8 Å². The molecule has 4 rings (SSSR count). The molecule has 2 heterocycles. The lowest BCUT2D eigenvalue weighted by molar-refractivity contribution is -0.137. The molecule has 2 aromatic heterocycles. The normalized spacial score (nSPS) is 11.5. The van der Waals surface area contributed by atoms with E-state index < -0.39 is 11.7 Å². The third kappa shape index (κ3) is 5.58. The molecule has 0 spiro atoms. The lowest BCUT2D eigenvalue weighted by Gasteiger charge is -2.07. The highest BCUT2D eigenvalue weighted by Crippen LogP contribution is 2.30. The zero-order chi connectivity index (χ0) is 22.6. The largest absolute Gasteiger partial charge is 0.416 e. The Balaban J connectivity index is 1.30. The molecule has 0 aliphatic carbocycles. The zero-order valence-electron chi connectivity index (χ0n) is 16.6. The third-order valence-electron chi connectivity index (χ3n) is 4.50. The second-order valence-electron chi connectivity index (χ2n) is 6.93. The lowest BCUT2D eigenvalue weighted by atomic mass is 10.1. The quantitative estimate of drug-likeness (QED) is 0.403. The van der Waals surface area contributed by atoms with Crippen LogP contribution in [0, 0.1) is 0 Å². The van der Waals surface area contributed by atoms with E-state index in [1.165, 1.54) is 17.4 Å². The Morgan fingerprint density at radius 1 is 1.09 bits per heavy atom. The summed E-state index contributed by atoms with van der Waals surface area (Å²) >= 11 is 1.22. The number of rotatable bonds is 7. The Morgan fingerprint density at radius 2 is 1.91 bits per heavy atom. The van der Waals surface area contributed by atoms with Gasteiger partial charge in [-0.05, 0) is 11.6 Å². The minimum Gasteiger partial charge on any atom is -0.339 e. The Morgan fingerprint density at radius 3 is 2.69 bits per heavy atom. The number of aromatic nitrogens is 3. The van der Waals surface area contributed by atoms with E-state index in [1.54, 1.807) is 12.3 Å². The number of thiazole rings is 1. The number of amides is 1. The Kier molecular flexibility index (Phi) is 6.31. The number of alkyl halides is 3. The van der Waals surface area contributed by atoms with Gasteiger partial charge in [0.25, 0.3) is 0 Å². The molecule has 0 atom stereocenters. The molecule has 10 heteroatoms. The van der Waals surface area contributed by atoms with Crippen molar-refractivity contribution >= 4 is 22.4 Å². The molecular formula is C22H17F3N4O2S. The van der Waals surface area contributed by atoms with Crippen molar-refractivity contribution in [1.82, 2.24) is 15.1 Å². The van der Waals surface area contributed by atoms with Crippen molar-refractivity contribution < 1.29 is 22.5 Å². The number of benzene rings is 2. The van der Waals surface area contributed by atoms with Crippen LogP contribution in [0.15, 0.2) is 65.3 Å². The highest BCUT2D eigenvalue weighted by Gasteiger charge is 2.30. The second kappa shape index (κ2) is 9.31. The minimum absolute atomic E-state index is 0.124. The molecule has 0 unspecified atom stereocenters. The maximum Gasteiger partial charge on any atom is 0.416 e. The van der Waals surface area contributed by atoms with E-state index >= 15 is 0 Å². The summed E-state index contributed by atoms with van der Waals surface area (Å²) in [5, 5.41) is 6.99. The molecule has 1 amide bonds. The summed E-state index contributed by atoms with van der Waals surface area (Å²) in [7, 11) is 0. The van der Waals surface area contributed by atoms with Crippen molar-refractivity contribution in [1.29, 1.82) is 0 Å². The van der Waals surface area contributed by atoms with Gasteiger partial charge < -0.3 is 9.84 Å². The van der Waals surface area contributed by atoms with Crippen molar-refractivity contribution in [2.45, 2.75) is 25.4 Å². The fourth-order valence-electron chi connectivity index (χ4n) is 2.97. The number of nitrogens with zero attached hydrogens (tertiary/aromatic N) is 3. The summed E-state index contributed by atoms with van der Waals surface area (Å²) in [4.78, 5) is 21.4. The van der Waals surface area contributed by atoms with Crippen molar-refractivity contribution in [2.75, 3.05) is 5.32 Å². The molecule has 32 heavy (non-hydrogen) atoms. The van der Waals surface area contributed by atoms with Crippen LogP contribution in [0.3, 0.4) is 0 Å². The van der Waals surface area contributed by atoms with Gasteiger partial charge in [0.15, 0.2) is 5.13 Å². The molecule has 1 N–H and O–H groups in total. The summed E-state index contributed by atoms with van der Waals surface area (Å²) in [6, 6.07) is 14.5. The van der Waals surface area contributed by atoms with E-state index in [1.807, 2.05) is 30.3 Å². The fraction of sp³-hybridized carbons (Fsp3) is 0.182. The molecule has 0 aliphatic heterocycles. The monoisotopic (exact) mass is 458 g/mol. The van der Waals surface area contributed by atoms with Crippen LogP contribution in [0.2, 0.25) is 0 Å². The molecule has 2 aromatic carbocycles. The van der Waals surface area contributed by atoms with Crippen LogP contribution in [0.1, 0.15) is 28.3 Å². The standard InChI is InChI=1S/C22H17F3N4O2S/c23-22(24,25)16-8-4-5-14(11-16)12-17-13-26-21(32-17)27-18(30)9-10-19-28-20(29-31-19)15-6-2-1-3-7-15/h1-8,11,13H,9-10,12H2,(H,26,27,30). The summed E-state index contributed by atoms with van der Waals surface area (Å²) in [6.45, 7) is 0. The Bertz CT molecular complexity index is 1210. The number of carbonyl (C=O) groups excluding carboxylic acids is 1. The summed E-state index contributed by atoms with van der Waals surface area (Å²) in [5.74, 6) is 0.535. The van der Waals surface area contributed by atoms with Gasteiger partial charge in [-0.1, -0.05) is 53.7 Å². The SMILES string of the molecule is O=C(CCc1nc(-c2ccccc2)no1)Nc1ncc(Cc2cccc(C(F)(F)F)c2)s1. The predicted octanol–water partition coefficient (Wildman–Crippen LogP) is 5.37. The maximum absolute atomic E-state index is 12.9. The molecule has 4 aromatic rings. The van der Waals surface area contributed by atoms with Gasteiger partial charge in [-0.2, -0.15) is 18.2 Å². The lowest BCUT2D eigenvalue weighted by Crippen LogP contribution is -2.12. The Labute approximate surface area is 185 Å². The zero-order valence-corrected chi connectivity index (χ0v) is 17.4. The molecule has 0 fully saturated rings. The van der Waals surface area contributed by atoms with Crippen molar-refractivity contribution in [3.8, 4) is 11.4 Å². The minimum atomic E-state index is -4.39. The van der Waals surface area contributed by atoms with Crippen LogP contribution >= 0.6 is 11.3 Å². The number of anilines is 1. The first-order valence-corrected chi connectivity index (χ1v) is 10.5. The number of nitrogens with one attached hydrogen (secondary N) is 1. The van der Waals surface area contributed by atoms with Gasteiger partial charge in [0, 0.05) is 35.9 Å². The van der Waals surface area contributed by atoms with Crippen LogP contribution in [0.25, 0.3) is 11.4 Å². The number of hydrogen-bond acceptors (Lipinski definition) is 6. The third-order valence-corrected chi connectivity index (χ3v) is 5.41. The number of carbonyl (C=O) groups is 1. The maximum atomic E-state index is 12.9. The first-order chi connectivity index (χ1) is 15.4. The first-order valence-electron chi connectivity index (χ1n) is 9.65. The average Bonchev–Trinajstić information content (AvgIpc) is 3.42. The van der Waals surface area contributed by atoms with Gasteiger partial charge in [-0.25, -0.2) is 4.98 Å². The van der Waals surface area contributed by atoms with Crippen LogP contribution in [-0.4, -0.2) is 21.0 Å². The first kappa shape index (κ1) is 21.7. The average molecular weight is 458 g/mol. The molecular weight excluding hydrogens is 441 g/mol. The molecule has 6 nitrogen and oxygen atoms in total. The van der Waals surface area contributed by atoms with Crippen LogP contribution in [0.4, 0.5) is 18.3 Å². The molecule has 0 saturated heterocycles. The van der Waals surface area contributed by atoms with E-state index in [9.17, 15) is 18.0 Å². The van der Waals surface area contributed by atoms with Gasteiger partial charge >= 0.3 is 6.18 Å². The fourth-order valence-corrected chi connectivity index (χ4v) is 3.83. The van der Waals surface area contributed by atoms with Crippen molar-refractivity contribution in [3.05, 3.63) is 82.7 Å². The van der Waals surface area contributed by atoms with E-state index in [4.69, 9.17) is 4.52 Å². The molecule has 164 valence electrons. The van der Waals surface area contributed by atoms with Crippen LogP contribution in [0.5, 0.6) is 0 Å². The van der Waals surface area contributed by atoms with E-state index in [2.05, 4.69) is 20.4 Å². The smallest absolute Gasteiger partial charge is 0.339 e. The van der Waals surface area contributed by atoms with E-state index in [0.29, 0.717) is 28.8 Å². The second-order valence-corrected chi connectivity index (χ2v) is 8.05. The summed E-state index contributed by atoms with van der Waals surface area (Å²) < 4.78 is 43.8. The van der Waals surface area contributed by atoms with Crippen molar-refractivity contribution in [3.63, 3.8) is 0 Å². The molecule has 0 aliphatic rings. The van der Waals surface area contributed by atoms with E-state index in [-0.39, 0.29) is 18.7 Å². The van der Waals surface area contributed by atoms with E-state index in [0.717, 1.165) is 22.6 Å². The van der Waals surface area contributed by atoms with Gasteiger partial charge in [-0.15, -0.1) is 11.3 Å². The predicted molar refractivity (Wildman–Crippen MR) is 113 cm³/mol. The highest BCUT2D eigenvalue weighted by molar-refractivity contribution is 7.15. The van der Waals surface area contributed by atoms with Gasteiger partial charge in [0.1, 0.15) is 0 Å². The topological polar surface area (TPSA) is 80.9 Å². The van der Waals surface area contributed by atoms with Gasteiger partial charge in [0.05, 0.1) is 5.56 Å². The number of hydrogen-bond donors (Lipinski definition) is 1. The Hall–Kier alpha value is -3.53. The summed E-state index contributed by atoms with van der Waals surface area (Å²) in [6.07, 6.45) is -2.15. The van der Waals surface area contributed by atoms with Crippen LogP contribution < -0.4 is 5.32 Å². The molecule has 0 saturated carbocycles. The van der Waals surface area contributed by atoms with Gasteiger partial charge in [-0.3, -0.25) is 4.79 Å². The van der Waals surface area contributed by atoms with Gasteiger partial charge in [0.2, 0.25) is 17.6 Å².